The van der Waals surface area contributed by atoms with Gasteiger partial charge >= 0.3 is 11.4 Å². The zero-order valence-corrected chi connectivity index (χ0v) is 19.4. The first-order valence-electron chi connectivity index (χ1n) is 9.81. The van der Waals surface area contributed by atoms with E-state index in [0.29, 0.717) is 19.0 Å². The number of amides is 1. The molecule has 0 radical (unpaired) electrons. The molecule has 8 nitrogen and oxygen atoms in total. The van der Waals surface area contributed by atoms with Crippen LogP contribution in [0.5, 0.6) is 0 Å². The Morgan fingerprint density at radius 3 is 2.13 bits per heavy atom. The van der Waals surface area contributed by atoms with E-state index in [1.54, 1.807) is 38.2 Å². The third-order valence-electron chi connectivity index (χ3n) is 4.73. The number of halogens is 2. The molecular formula is C20H31Cl2N5O3. The fraction of sp³-hybridized carbons (Fsp3) is 0.600. The third kappa shape index (κ3) is 7.02. The molecule has 1 saturated carbocycles. The van der Waals surface area contributed by atoms with Crippen molar-refractivity contribution in [3.8, 4) is 0 Å². The lowest BCUT2D eigenvalue weighted by Crippen LogP contribution is -2.45. The van der Waals surface area contributed by atoms with Crippen molar-refractivity contribution >= 4 is 35.1 Å². The third-order valence-corrected chi connectivity index (χ3v) is 5.11. The standard InChI is InChI=1S/C12H20N4O2.C8H11Cl2NO/c1-14(2)10-13-11(17)16(12(18)15(10)3)9-7-5-4-6-8-9;1-3-5-11(6-4-2)8(12)7(9)10/h9H,4-8H2,1-3H3;3-4,7H,1-2,5-6H2. The van der Waals surface area contributed by atoms with E-state index < -0.39 is 10.5 Å². The van der Waals surface area contributed by atoms with Gasteiger partial charge < -0.3 is 9.80 Å². The Labute approximate surface area is 187 Å². The van der Waals surface area contributed by atoms with Crippen LogP contribution >= 0.6 is 23.2 Å². The number of carbonyl (C=O) groups is 1. The van der Waals surface area contributed by atoms with E-state index in [2.05, 4.69) is 18.1 Å². The van der Waals surface area contributed by atoms with Gasteiger partial charge in [-0.2, -0.15) is 4.98 Å². The topological polar surface area (TPSA) is 80.4 Å². The number of alkyl halides is 2. The molecule has 0 aromatic carbocycles. The van der Waals surface area contributed by atoms with Crippen molar-refractivity contribution in [3.63, 3.8) is 0 Å². The van der Waals surface area contributed by atoms with Crippen LogP contribution in [0.15, 0.2) is 34.9 Å². The van der Waals surface area contributed by atoms with Crippen molar-refractivity contribution in [1.82, 2.24) is 19.0 Å². The molecule has 30 heavy (non-hydrogen) atoms. The molecule has 0 atom stereocenters. The maximum absolute atomic E-state index is 12.3. The van der Waals surface area contributed by atoms with Crippen molar-refractivity contribution in [1.29, 1.82) is 0 Å². The lowest BCUT2D eigenvalue weighted by Gasteiger charge is -2.24. The monoisotopic (exact) mass is 459 g/mol. The number of nitrogens with zero attached hydrogens (tertiary/aromatic N) is 5. The van der Waals surface area contributed by atoms with Crippen molar-refractivity contribution in [3.05, 3.63) is 46.3 Å². The SMILES string of the molecule is C=CCN(CC=C)C(=O)C(Cl)Cl.CN(C)c1nc(=O)n(C2CCCCC2)c(=O)n1C. The maximum Gasteiger partial charge on any atom is 0.355 e. The molecule has 1 amide bonds. The summed E-state index contributed by atoms with van der Waals surface area (Å²) in [6, 6.07) is 0.0219. The number of aromatic nitrogens is 3. The van der Waals surface area contributed by atoms with Gasteiger partial charge in [-0.05, 0) is 12.8 Å². The van der Waals surface area contributed by atoms with Crippen LogP contribution in [-0.2, 0) is 11.8 Å². The van der Waals surface area contributed by atoms with Gasteiger partial charge in [-0.25, -0.2) is 14.2 Å². The van der Waals surface area contributed by atoms with Gasteiger partial charge in [0, 0.05) is 40.3 Å². The first kappa shape index (κ1) is 26.0. The molecule has 1 aliphatic carbocycles. The van der Waals surface area contributed by atoms with E-state index in [4.69, 9.17) is 23.2 Å². The Morgan fingerprint density at radius 2 is 1.70 bits per heavy atom. The summed E-state index contributed by atoms with van der Waals surface area (Å²) in [4.78, 5) is 41.6. The first-order chi connectivity index (χ1) is 14.1. The van der Waals surface area contributed by atoms with E-state index in [0.717, 1.165) is 25.7 Å². The van der Waals surface area contributed by atoms with Crippen LogP contribution in [0.3, 0.4) is 0 Å². The summed E-state index contributed by atoms with van der Waals surface area (Å²) < 4.78 is 2.77. The second-order valence-electron chi connectivity index (χ2n) is 7.21. The normalized spacial score (nSPS) is 13.9. The molecule has 1 heterocycles. The van der Waals surface area contributed by atoms with Gasteiger partial charge in [0.1, 0.15) is 0 Å². The molecule has 2 rings (SSSR count). The van der Waals surface area contributed by atoms with Gasteiger partial charge in [0.05, 0.1) is 0 Å². The fourth-order valence-corrected chi connectivity index (χ4v) is 3.58. The lowest BCUT2D eigenvalue weighted by atomic mass is 9.95. The van der Waals surface area contributed by atoms with Crippen LogP contribution in [0.2, 0.25) is 0 Å². The van der Waals surface area contributed by atoms with Crippen molar-refractivity contribution in [2.45, 2.75) is 43.0 Å². The summed E-state index contributed by atoms with van der Waals surface area (Å²) >= 11 is 10.8. The summed E-state index contributed by atoms with van der Waals surface area (Å²) in [5.41, 5.74) is -0.681. The Hall–Kier alpha value is -2.06. The van der Waals surface area contributed by atoms with Gasteiger partial charge in [-0.3, -0.25) is 9.36 Å². The Kier molecular flexibility index (Phi) is 10.9. The van der Waals surface area contributed by atoms with E-state index in [1.165, 1.54) is 20.5 Å². The molecule has 1 aliphatic rings. The molecule has 0 spiro atoms. The zero-order valence-electron chi connectivity index (χ0n) is 17.9. The van der Waals surface area contributed by atoms with Crippen molar-refractivity contribution in [2.75, 3.05) is 32.1 Å². The predicted octanol–water partition coefficient (Wildman–Crippen LogP) is 2.50. The fourth-order valence-electron chi connectivity index (χ4n) is 3.30. The van der Waals surface area contributed by atoms with E-state index in [9.17, 15) is 14.4 Å². The molecule has 168 valence electrons. The lowest BCUT2D eigenvalue weighted by molar-refractivity contribution is -0.128. The van der Waals surface area contributed by atoms with Crippen LogP contribution < -0.4 is 16.3 Å². The summed E-state index contributed by atoms with van der Waals surface area (Å²) in [6.45, 7) is 7.88. The molecular weight excluding hydrogens is 429 g/mol. The van der Waals surface area contributed by atoms with Crippen molar-refractivity contribution < 1.29 is 4.79 Å². The Balaban J connectivity index is 0.000000329. The van der Waals surface area contributed by atoms with Gasteiger partial charge in [0.25, 0.3) is 5.91 Å². The number of carbonyl (C=O) groups excluding carboxylic acids is 1. The van der Waals surface area contributed by atoms with Crippen molar-refractivity contribution in [2.24, 2.45) is 7.05 Å². The molecule has 0 saturated heterocycles. The highest BCUT2D eigenvalue weighted by atomic mass is 35.5. The summed E-state index contributed by atoms with van der Waals surface area (Å²) in [5.74, 6) is 0.0789. The molecule has 1 fully saturated rings. The zero-order chi connectivity index (χ0) is 22.8. The average molecular weight is 460 g/mol. The molecule has 0 bridgehead atoms. The quantitative estimate of drug-likeness (QED) is 0.462. The minimum atomic E-state index is -1.01. The van der Waals surface area contributed by atoms with Crippen LogP contribution in [0.1, 0.15) is 38.1 Å². The molecule has 1 aromatic rings. The van der Waals surface area contributed by atoms with Gasteiger partial charge in [-0.1, -0.05) is 54.6 Å². The van der Waals surface area contributed by atoms with Gasteiger partial charge in [0.15, 0.2) is 4.84 Å². The van der Waals surface area contributed by atoms with Crippen LogP contribution in [-0.4, -0.2) is 56.9 Å². The van der Waals surface area contributed by atoms with E-state index in [1.807, 2.05) is 0 Å². The maximum atomic E-state index is 12.3. The number of rotatable bonds is 7. The Morgan fingerprint density at radius 1 is 1.17 bits per heavy atom. The minimum Gasteiger partial charge on any atom is -0.348 e. The summed E-state index contributed by atoms with van der Waals surface area (Å²) in [5, 5.41) is 0. The number of anilines is 1. The smallest absolute Gasteiger partial charge is 0.348 e. The molecule has 1 aromatic heterocycles. The average Bonchev–Trinajstić information content (AvgIpc) is 2.71. The van der Waals surface area contributed by atoms with E-state index >= 15 is 0 Å². The molecule has 0 aliphatic heterocycles. The highest BCUT2D eigenvalue weighted by Gasteiger charge is 2.21. The second-order valence-corrected chi connectivity index (χ2v) is 8.31. The number of hydrogen-bond donors (Lipinski definition) is 0. The highest BCUT2D eigenvalue weighted by Crippen LogP contribution is 2.25. The summed E-state index contributed by atoms with van der Waals surface area (Å²) in [6.07, 6.45) is 8.37. The second kappa shape index (κ2) is 12.6. The van der Waals surface area contributed by atoms with Gasteiger partial charge in [0.2, 0.25) is 5.95 Å². The largest absolute Gasteiger partial charge is 0.355 e. The minimum absolute atomic E-state index is 0.0219. The van der Waals surface area contributed by atoms with Crippen LogP contribution in [0.25, 0.3) is 0 Å². The number of hydrogen-bond acceptors (Lipinski definition) is 5. The summed E-state index contributed by atoms with van der Waals surface area (Å²) in [7, 11) is 5.20. The highest BCUT2D eigenvalue weighted by molar-refractivity contribution is 6.53. The molecule has 0 unspecified atom stereocenters. The van der Waals surface area contributed by atoms with Crippen LogP contribution in [0.4, 0.5) is 5.95 Å². The first-order valence-corrected chi connectivity index (χ1v) is 10.7. The Bertz CT molecular complexity index is 832. The van der Waals surface area contributed by atoms with Gasteiger partial charge in [-0.15, -0.1) is 13.2 Å². The predicted molar refractivity (Wildman–Crippen MR) is 123 cm³/mol. The molecule has 0 N–H and O–H groups in total. The van der Waals surface area contributed by atoms with E-state index in [-0.39, 0.29) is 17.6 Å². The van der Waals surface area contributed by atoms with Crippen LogP contribution in [0, 0.1) is 0 Å². The molecule has 10 heteroatoms.